The molecule has 44 heavy (non-hydrogen) atoms. The van der Waals surface area contributed by atoms with E-state index in [0.29, 0.717) is 12.1 Å². The predicted octanol–water partition coefficient (Wildman–Crippen LogP) is 3.34. The maximum Gasteiger partial charge on any atom is 0.410 e. The molecule has 0 aromatic heterocycles. The van der Waals surface area contributed by atoms with Crippen LogP contribution in [0.5, 0.6) is 0 Å². The van der Waals surface area contributed by atoms with E-state index >= 15 is 0 Å². The topological polar surface area (TPSA) is 157 Å². The van der Waals surface area contributed by atoms with Crippen molar-refractivity contribution in [3.63, 3.8) is 0 Å². The zero-order valence-electron chi connectivity index (χ0n) is 24.6. The fourth-order valence-corrected chi connectivity index (χ4v) is 3.99. The van der Waals surface area contributed by atoms with Gasteiger partial charge in [-0.05, 0) is 54.8 Å². The van der Waals surface area contributed by atoms with Gasteiger partial charge in [0.15, 0.2) is 11.6 Å². The minimum Gasteiger partial charge on any atom is -0.445 e. The van der Waals surface area contributed by atoms with Crippen LogP contribution in [0.4, 0.5) is 13.6 Å². The van der Waals surface area contributed by atoms with E-state index in [2.05, 4.69) is 5.32 Å². The monoisotopic (exact) mass is 616 g/mol. The summed E-state index contributed by atoms with van der Waals surface area (Å²) in [6, 6.07) is 16.9. The Kier molecular flexibility index (Phi) is 15.2. The number of halogens is 2. The molecule has 3 aromatic carbocycles. The molecule has 0 heterocycles. The van der Waals surface area contributed by atoms with Gasteiger partial charge in [-0.2, -0.15) is 0 Å². The quantitative estimate of drug-likeness (QED) is 0.135. The van der Waals surface area contributed by atoms with Gasteiger partial charge in [0.2, 0.25) is 0 Å². The number of nitrogens with zero attached hydrogens (tertiary/aromatic N) is 1. The Morgan fingerprint density at radius 2 is 1.36 bits per heavy atom. The number of ketones is 2. The summed E-state index contributed by atoms with van der Waals surface area (Å²) in [4.78, 5) is 35.7. The van der Waals surface area contributed by atoms with Crippen molar-refractivity contribution in [1.82, 2.24) is 10.2 Å². The average molecular weight is 617 g/mol. The summed E-state index contributed by atoms with van der Waals surface area (Å²) in [6.45, 7) is 2.61. The molecule has 0 aliphatic heterocycles. The summed E-state index contributed by atoms with van der Waals surface area (Å²) >= 11 is 0. The summed E-state index contributed by atoms with van der Waals surface area (Å²) in [6.07, 6.45) is -2.76. The van der Waals surface area contributed by atoms with E-state index in [1.807, 2.05) is 18.2 Å². The molecule has 1 amide bonds. The number of nitrogens with one attached hydrogen (secondary N) is 1. The van der Waals surface area contributed by atoms with Crippen LogP contribution in [-0.2, 0) is 11.3 Å². The van der Waals surface area contributed by atoms with Crippen LogP contribution >= 0.6 is 0 Å². The molecule has 5 N–H and O–H groups in total. The van der Waals surface area contributed by atoms with Gasteiger partial charge in [0.25, 0.3) is 0 Å². The molecule has 3 rings (SSSR count). The van der Waals surface area contributed by atoms with Crippen molar-refractivity contribution < 1.29 is 48.3 Å². The second kappa shape index (κ2) is 18.6. The Labute approximate surface area is 254 Å². The molecule has 0 fully saturated rings. The number of benzene rings is 3. The molecule has 3 aromatic rings. The number of hydrogen-bond donors (Lipinski definition) is 5. The molecule has 0 saturated carbocycles. The molecule has 12 heteroatoms. The number of ether oxygens (including phenoxy) is 1. The maximum atomic E-state index is 13.9. The Morgan fingerprint density at radius 1 is 0.818 bits per heavy atom. The van der Waals surface area contributed by atoms with Gasteiger partial charge in [0.05, 0.1) is 43.1 Å². The first-order chi connectivity index (χ1) is 21.0. The molecular formula is C32H38F2N2O8. The lowest BCUT2D eigenvalue weighted by atomic mass is 10.0. The highest BCUT2D eigenvalue weighted by Crippen LogP contribution is 2.20. The number of Topliss-reactive ketones (excluding diaryl/α,β-unsaturated/α-hetero) is 2. The highest BCUT2D eigenvalue weighted by Gasteiger charge is 2.21. The molecule has 0 saturated heterocycles. The lowest BCUT2D eigenvalue weighted by Crippen LogP contribution is -2.37. The summed E-state index contributed by atoms with van der Waals surface area (Å²) in [5.41, 5.74) is 1.37. The molecular weight excluding hydrogens is 578 g/mol. The van der Waals surface area contributed by atoms with Crippen LogP contribution in [0.2, 0.25) is 0 Å². The van der Waals surface area contributed by atoms with E-state index in [0.717, 1.165) is 22.6 Å². The van der Waals surface area contributed by atoms with Gasteiger partial charge >= 0.3 is 6.09 Å². The van der Waals surface area contributed by atoms with Crippen molar-refractivity contribution >= 4 is 17.7 Å². The zero-order chi connectivity index (χ0) is 32.6. The minimum absolute atomic E-state index is 0.0178. The third kappa shape index (κ3) is 11.5. The summed E-state index contributed by atoms with van der Waals surface area (Å²) in [7, 11) is 0. The van der Waals surface area contributed by atoms with Crippen LogP contribution in [-0.4, -0.2) is 82.4 Å². The third-order valence-electron chi connectivity index (χ3n) is 6.37. The minimum atomic E-state index is -1.20. The Morgan fingerprint density at radius 3 is 1.84 bits per heavy atom. The van der Waals surface area contributed by atoms with Gasteiger partial charge in [-0.25, -0.2) is 13.6 Å². The van der Waals surface area contributed by atoms with Crippen LogP contribution in [0.25, 0.3) is 0 Å². The normalized spacial score (nSPS) is 12.0. The Balaban J connectivity index is 0.000000342. The molecule has 2 unspecified atom stereocenters. The maximum absolute atomic E-state index is 13.9. The molecule has 0 aliphatic rings. The lowest BCUT2D eigenvalue weighted by Gasteiger charge is -2.24. The van der Waals surface area contributed by atoms with Gasteiger partial charge in [0, 0.05) is 19.6 Å². The van der Waals surface area contributed by atoms with Gasteiger partial charge in [-0.3, -0.25) is 9.59 Å². The standard InChI is InChI=1S/C20H22FNO5.C12H16FNO3/c1-14(24)17-8-7-16(11-18(17)21)19(25)12-22(9-10-23)20(26)27-13-15-5-3-2-4-6-15;1-8(16)10-3-2-9(6-11(10)13)12(17)7-14-4-5-15/h2-8,11,19,23,25H,9-10,12-13H2,1H3;2-3,6,12,14-15,17H,4-5,7H2,1H3. The van der Waals surface area contributed by atoms with Crippen molar-refractivity contribution in [3.8, 4) is 0 Å². The van der Waals surface area contributed by atoms with Crippen LogP contribution in [0.3, 0.4) is 0 Å². The Hall–Kier alpha value is -4.07. The van der Waals surface area contributed by atoms with E-state index in [-0.39, 0.29) is 61.9 Å². The van der Waals surface area contributed by atoms with E-state index in [9.17, 15) is 33.4 Å². The van der Waals surface area contributed by atoms with Crippen LogP contribution in [0.15, 0.2) is 66.7 Å². The van der Waals surface area contributed by atoms with Gasteiger partial charge in [0.1, 0.15) is 18.2 Å². The summed E-state index contributed by atoms with van der Waals surface area (Å²) in [5, 5.41) is 40.5. The molecule has 0 radical (unpaired) electrons. The SMILES string of the molecule is CC(=O)c1ccc(C(O)CN(CCO)C(=O)OCc2ccccc2)cc1F.CC(=O)c1ccc(C(O)CNCCO)cc1F. The second-order valence-corrected chi connectivity index (χ2v) is 9.76. The first-order valence-corrected chi connectivity index (χ1v) is 13.8. The van der Waals surface area contributed by atoms with E-state index < -0.39 is 35.7 Å². The Bertz CT molecular complexity index is 1370. The van der Waals surface area contributed by atoms with Gasteiger partial charge in [-0.1, -0.05) is 42.5 Å². The van der Waals surface area contributed by atoms with E-state index in [1.54, 1.807) is 12.1 Å². The number of aliphatic hydroxyl groups is 4. The van der Waals surface area contributed by atoms with Crippen molar-refractivity contribution in [2.45, 2.75) is 32.7 Å². The molecule has 10 nitrogen and oxygen atoms in total. The molecule has 0 bridgehead atoms. The first-order valence-electron chi connectivity index (χ1n) is 13.8. The van der Waals surface area contributed by atoms with Crippen molar-refractivity contribution in [3.05, 3.63) is 106 Å². The van der Waals surface area contributed by atoms with Gasteiger partial charge in [-0.15, -0.1) is 0 Å². The third-order valence-corrected chi connectivity index (χ3v) is 6.37. The fraction of sp³-hybridized carbons (Fsp3) is 0.344. The first kappa shape index (κ1) is 36.1. The van der Waals surface area contributed by atoms with Gasteiger partial charge < -0.3 is 35.4 Å². The van der Waals surface area contributed by atoms with Crippen molar-refractivity contribution in [2.24, 2.45) is 0 Å². The van der Waals surface area contributed by atoms with Crippen LogP contribution < -0.4 is 5.32 Å². The molecule has 2 atom stereocenters. The molecule has 238 valence electrons. The number of carbonyl (C=O) groups excluding carboxylic acids is 3. The van der Waals surface area contributed by atoms with E-state index in [1.165, 1.54) is 38.1 Å². The zero-order valence-corrected chi connectivity index (χ0v) is 24.6. The number of aliphatic hydroxyl groups excluding tert-OH is 4. The summed E-state index contributed by atoms with van der Waals surface area (Å²) in [5.74, 6) is -2.13. The lowest BCUT2D eigenvalue weighted by molar-refractivity contribution is 0.0613. The number of carbonyl (C=O) groups is 3. The van der Waals surface area contributed by atoms with Crippen LogP contribution in [0, 0.1) is 11.6 Å². The largest absolute Gasteiger partial charge is 0.445 e. The number of amides is 1. The predicted molar refractivity (Wildman–Crippen MR) is 158 cm³/mol. The molecule has 0 spiro atoms. The summed E-state index contributed by atoms with van der Waals surface area (Å²) < 4.78 is 32.6. The van der Waals surface area contributed by atoms with E-state index in [4.69, 9.17) is 14.9 Å². The van der Waals surface area contributed by atoms with Crippen molar-refractivity contribution in [1.29, 1.82) is 0 Å². The number of hydrogen-bond acceptors (Lipinski definition) is 9. The van der Waals surface area contributed by atoms with Crippen LogP contribution in [0.1, 0.15) is 63.5 Å². The number of rotatable bonds is 14. The average Bonchev–Trinajstić information content (AvgIpc) is 3.00. The molecule has 0 aliphatic carbocycles. The highest BCUT2D eigenvalue weighted by atomic mass is 19.1. The highest BCUT2D eigenvalue weighted by molar-refractivity contribution is 5.94. The smallest absolute Gasteiger partial charge is 0.410 e. The fourth-order valence-electron chi connectivity index (χ4n) is 3.99. The van der Waals surface area contributed by atoms with Crippen molar-refractivity contribution in [2.75, 3.05) is 39.4 Å². The second-order valence-electron chi connectivity index (χ2n) is 9.76.